The number of amides is 1. The van der Waals surface area contributed by atoms with Crippen LogP contribution in [0.2, 0.25) is 0 Å². The second-order valence-corrected chi connectivity index (χ2v) is 8.35. The highest BCUT2D eigenvalue weighted by molar-refractivity contribution is 7.69. The Morgan fingerprint density at radius 3 is 2.59 bits per heavy atom. The van der Waals surface area contributed by atoms with Gasteiger partial charge in [0.2, 0.25) is 16.6 Å². The minimum atomic E-state index is -2.79. The number of halogens is 1. The molecule has 0 saturated heterocycles. The number of nitrogens with zero attached hydrogens (tertiary/aromatic N) is 2. The number of thiol groups is 1. The molecule has 1 aromatic carbocycles. The van der Waals surface area contributed by atoms with Gasteiger partial charge in [0.1, 0.15) is 11.6 Å². The summed E-state index contributed by atoms with van der Waals surface area (Å²) in [5.74, 6) is -0.527. The van der Waals surface area contributed by atoms with Crippen LogP contribution in [0.4, 0.5) is 4.39 Å². The van der Waals surface area contributed by atoms with E-state index in [-0.39, 0.29) is 29.5 Å². The number of unbranched alkanes of at least 4 members (excludes halogenated alkanes) is 2. The largest absolute Gasteiger partial charge is 0.437 e. The van der Waals surface area contributed by atoms with Crippen LogP contribution in [0.25, 0.3) is 28.5 Å². The summed E-state index contributed by atoms with van der Waals surface area (Å²) in [7, 11) is -1.28. The topological polar surface area (TPSA) is 92.5 Å². The van der Waals surface area contributed by atoms with Crippen molar-refractivity contribution in [2.45, 2.75) is 32.7 Å². The minimum Gasteiger partial charge on any atom is -0.437 e. The van der Waals surface area contributed by atoms with Crippen molar-refractivity contribution in [3.63, 3.8) is 0 Å². The first kappa shape index (κ1) is 23.6. The number of furan rings is 1. The smallest absolute Gasteiger partial charge is 0.255 e. The Hall–Kier alpha value is -3.04. The van der Waals surface area contributed by atoms with Gasteiger partial charge >= 0.3 is 0 Å². The van der Waals surface area contributed by atoms with Gasteiger partial charge in [0, 0.05) is 19.2 Å². The van der Waals surface area contributed by atoms with E-state index in [4.69, 9.17) is 4.42 Å². The zero-order chi connectivity index (χ0) is 23.3. The highest BCUT2D eigenvalue weighted by Crippen LogP contribution is 2.34. The number of carbonyl (C=O) groups excluding carboxylic acids is 1. The molecule has 0 aliphatic rings. The zero-order valence-corrected chi connectivity index (χ0v) is 19.0. The van der Waals surface area contributed by atoms with Gasteiger partial charge in [0.25, 0.3) is 5.91 Å². The molecule has 1 N–H and O–H groups in total. The number of benzene rings is 1. The van der Waals surface area contributed by atoms with Crippen LogP contribution in [0.15, 0.2) is 41.3 Å². The lowest BCUT2D eigenvalue weighted by Crippen LogP contribution is -2.24. The maximum absolute atomic E-state index is 13.4. The van der Waals surface area contributed by atoms with Crippen LogP contribution in [-0.4, -0.2) is 37.2 Å². The maximum atomic E-state index is 13.4. The van der Waals surface area contributed by atoms with Crippen molar-refractivity contribution in [2.75, 3.05) is 13.6 Å². The Labute approximate surface area is 188 Å². The molecular formula is C23H26FN3O4S. The number of nitrogens with one attached hydrogen (secondary N) is 1. The van der Waals surface area contributed by atoms with Gasteiger partial charge < -0.3 is 9.73 Å². The third kappa shape index (κ3) is 5.05. The first-order valence-corrected chi connectivity index (χ1v) is 11.5. The molecule has 2 aromatic heterocycles. The molecule has 0 aliphatic heterocycles. The number of pyridine rings is 1. The molecule has 7 nitrogen and oxygen atoms in total. The van der Waals surface area contributed by atoms with E-state index < -0.39 is 16.7 Å². The fourth-order valence-corrected chi connectivity index (χ4v) is 4.02. The van der Waals surface area contributed by atoms with Crippen LogP contribution in [0.5, 0.6) is 0 Å². The van der Waals surface area contributed by atoms with Crippen LogP contribution >= 0.6 is 0 Å². The monoisotopic (exact) mass is 459 g/mol. The van der Waals surface area contributed by atoms with E-state index in [0.29, 0.717) is 28.8 Å². The third-order valence-electron chi connectivity index (χ3n) is 5.16. The molecule has 0 bridgehead atoms. The molecule has 0 fully saturated rings. The van der Waals surface area contributed by atoms with Crippen molar-refractivity contribution >= 4 is 34.0 Å². The van der Waals surface area contributed by atoms with Crippen LogP contribution in [0, 0.1) is 5.82 Å². The summed E-state index contributed by atoms with van der Waals surface area (Å²) < 4.78 is 44.2. The molecule has 3 rings (SSSR count). The number of carbonyl (C=O) groups is 1. The molecule has 170 valence electrons. The van der Waals surface area contributed by atoms with Crippen molar-refractivity contribution in [3.05, 3.63) is 59.5 Å². The van der Waals surface area contributed by atoms with E-state index in [9.17, 15) is 17.6 Å². The Morgan fingerprint density at radius 2 is 2.00 bits per heavy atom. The number of hydrogen-bond donors (Lipinski definition) is 2. The van der Waals surface area contributed by atoms with E-state index in [1.54, 1.807) is 12.1 Å². The molecule has 0 radical (unpaired) electrons. The van der Waals surface area contributed by atoms with Gasteiger partial charge in [0.05, 0.1) is 23.2 Å². The predicted molar refractivity (Wildman–Crippen MR) is 123 cm³/mol. The van der Waals surface area contributed by atoms with E-state index in [2.05, 4.69) is 16.9 Å². The highest BCUT2D eigenvalue weighted by Gasteiger charge is 2.24. The fourth-order valence-electron chi connectivity index (χ4n) is 3.47. The normalized spacial score (nSPS) is 11.4. The summed E-state index contributed by atoms with van der Waals surface area (Å²) in [6.45, 7) is 6.33. The Morgan fingerprint density at radius 1 is 1.28 bits per heavy atom. The molecule has 32 heavy (non-hydrogen) atoms. The molecular weight excluding hydrogens is 433 g/mol. The molecule has 0 unspecified atom stereocenters. The van der Waals surface area contributed by atoms with Gasteiger partial charge in [-0.25, -0.2) is 17.8 Å². The van der Waals surface area contributed by atoms with Crippen molar-refractivity contribution in [3.8, 4) is 11.3 Å². The summed E-state index contributed by atoms with van der Waals surface area (Å²) in [5, 5.41) is 3.06. The van der Waals surface area contributed by atoms with Gasteiger partial charge in [-0.2, -0.15) is 4.31 Å². The van der Waals surface area contributed by atoms with Gasteiger partial charge in [-0.05, 0) is 42.3 Å². The Balaban J connectivity index is 2.12. The molecule has 0 spiro atoms. The van der Waals surface area contributed by atoms with E-state index in [0.717, 1.165) is 19.3 Å². The van der Waals surface area contributed by atoms with E-state index in [1.165, 1.54) is 35.6 Å². The molecule has 1 amide bonds. The molecule has 0 aliphatic carbocycles. The van der Waals surface area contributed by atoms with Crippen LogP contribution < -0.4 is 5.32 Å². The average Bonchev–Trinajstić information content (AvgIpc) is 3.15. The van der Waals surface area contributed by atoms with E-state index >= 15 is 0 Å². The van der Waals surface area contributed by atoms with Crippen molar-refractivity contribution < 1.29 is 22.0 Å². The second kappa shape index (κ2) is 10.5. The summed E-state index contributed by atoms with van der Waals surface area (Å²) in [6, 6.07) is 7.32. The number of aromatic nitrogens is 1. The lowest BCUT2D eigenvalue weighted by molar-refractivity contribution is 0.0964. The lowest BCUT2D eigenvalue weighted by atomic mass is 10.0. The summed E-state index contributed by atoms with van der Waals surface area (Å²) in [6.07, 6.45) is 4.23. The summed E-state index contributed by atoms with van der Waals surface area (Å²) >= 11 is 0. The zero-order valence-electron chi connectivity index (χ0n) is 18.1. The van der Waals surface area contributed by atoms with Gasteiger partial charge in [-0.3, -0.25) is 4.79 Å². The van der Waals surface area contributed by atoms with Crippen LogP contribution in [0.3, 0.4) is 0 Å². The Kier molecular flexibility index (Phi) is 7.76. The fraction of sp³-hybridized carbons (Fsp3) is 0.304. The second-order valence-electron chi connectivity index (χ2n) is 7.31. The van der Waals surface area contributed by atoms with E-state index in [1.807, 2.05) is 6.92 Å². The lowest BCUT2D eigenvalue weighted by Gasteiger charge is -2.16. The molecule has 9 heteroatoms. The maximum Gasteiger partial charge on any atom is 0.255 e. The SMILES string of the molecule is C=Cc1cc2c(C(=O)NC)c(-c3ccc(F)cc3)oc2nc1CN(CCCCC)[SH](=O)=O. The van der Waals surface area contributed by atoms with Crippen molar-refractivity contribution in [1.29, 1.82) is 0 Å². The van der Waals surface area contributed by atoms with Crippen LogP contribution in [0.1, 0.15) is 47.8 Å². The Bertz CT molecular complexity index is 1190. The standard InChI is InChI=1S/C23H26FN3O4S/c1-4-6-7-12-27(32(29)30)14-19-15(5-2)13-18-20(22(28)25-3)21(31-23(18)26-19)16-8-10-17(24)11-9-16/h5,8-11,13,32H,2,4,6-7,12,14H2,1,3H3,(H,25,28). The van der Waals surface area contributed by atoms with Gasteiger partial charge in [0.15, 0.2) is 0 Å². The summed E-state index contributed by atoms with van der Waals surface area (Å²) in [5.41, 5.74) is 2.06. The first-order valence-electron chi connectivity index (χ1n) is 10.4. The molecule has 2 heterocycles. The van der Waals surface area contributed by atoms with Crippen molar-refractivity contribution in [1.82, 2.24) is 14.6 Å². The quantitative estimate of drug-likeness (QED) is 0.351. The third-order valence-corrected chi connectivity index (χ3v) is 5.96. The van der Waals surface area contributed by atoms with Gasteiger partial charge in [-0.1, -0.05) is 32.4 Å². The molecule has 0 saturated carbocycles. The summed E-state index contributed by atoms with van der Waals surface area (Å²) in [4.78, 5) is 17.2. The predicted octanol–water partition coefficient (Wildman–Crippen LogP) is 4.16. The number of hydrogen-bond acceptors (Lipinski definition) is 5. The number of fused-ring (bicyclic) bond motifs is 1. The average molecular weight is 460 g/mol. The molecule has 0 atom stereocenters. The van der Waals surface area contributed by atoms with Crippen LogP contribution in [-0.2, 0) is 17.4 Å². The van der Waals surface area contributed by atoms with Gasteiger partial charge in [-0.15, -0.1) is 0 Å². The first-order chi connectivity index (χ1) is 15.4. The number of rotatable bonds is 10. The highest BCUT2D eigenvalue weighted by atomic mass is 32.2. The minimum absolute atomic E-state index is 0.0710. The molecule has 3 aromatic rings. The van der Waals surface area contributed by atoms with Crippen molar-refractivity contribution in [2.24, 2.45) is 0 Å².